The zero-order valence-electron chi connectivity index (χ0n) is 20.3. The minimum Gasteiger partial charge on any atom is -0.336 e. The van der Waals surface area contributed by atoms with E-state index in [1.165, 1.54) is 0 Å². The highest BCUT2D eigenvalue weighted by molar-refractivity contribution is 6.00. The molecule has 0 aliphatic carbocycles. The fourth-order valence-electron chi connectivity index (χ4n) is 4.63. The first kappa shape index (κ1) is 22.7. The number of rotatable bonds is 6. The zero-order chi connectivity index (χ0) is 25.0. The predicted molar refractivity (Wildman–Crippen MR) is 140 cm³/mol. The minimum atomic E-state index is -0.0135. The highest BCUT2D eigenvalue weighted by Gasteiger charge is 2.28. The summed E-state index contributed by atoms with van der Waals surface area (Å²) < 4.78 is 3.59. The molecule has 5 aromatic rings. The number of amides is 1. The van der Waals surface area contributed by atoms with Crippen LogP contribution in [0.3, 0.4) is 0 Å². The van der Waals surface area contributed by atoms with Gasteiger partial charge in [0.05, 0.1) is 17.8 Å². The molecule has 1 aliphatic heterocycles. The van der Waals surface area contributed by atoms with Crippen molar-refractivity contribution in [3.05, 3.63) is 108 Å². The second-order valence-corrected chi connectivity index (χ2v) is 8.95. The highest BCUT2D eigenvalue weighted by Crippen LogP contribution is 2.25. The SMILES string of the molecule is O=C(c1cn(Cc2ccccc2)nc1-c1ccccc1)N1CCN(c2nnnn2-c2ccccc2)CC1. The Kier molecular flexibility index (Phi) is 6.16. The van der Waals surface area contributed by atoms with Gasteiger partial charge in [0.25, 0.3) is 5.91 Å². The number of piperazine rings is 1. The molecule has 6 rings (SSSR count). The van der Waals surface area contributed by atoms with Crippen LogP contribution in [0.15, 0.2) is 97.2 Å². The average Bonchev–Trinajstić information content (AvgIpc) is 3.62. The first-order chi connectivity index (χ1) is 18.3. The molecule has 1 fully saturated rings. The van der Waals surface area contributed by atoms with E-state index >= 15 is 0 Å². The van der Waals surface area contributed by atoms with Gasteiger partial charge in [-0.3, -0.25) is 9.48 Å². The molecule has 2 aromatic heterocycles. The van der Waals surface area contributed by atoms with Gasteiger partial charge in [0, 0.05) is 37.9 Å². The van der Waals surface area contributed by atoms with Crippen molar-refractivity contribution >= 4 is 11.9 Å². The quantitative estimate of drug-likeness (QED) is 0.362. The number of hydrogen-bond acceptors (Lipinski definition) is 6. The molecule has 1 saturated heterocycles. The standard InChI is InChI=1S/C28H26N8O/c37-27(33-16-18-34(19-17-33)28-29-31-32-36(28)24-14-8-3-9-15-24)25-21-35(20-22-10-4-1-5-11-22)30-26(25)23-12-6-2-7-13-23/h1-15,21H,16-20H2. The van der Waals surface area contributed by atoms with Gasteiger partial charge in [-0.2, -0.15) is 9.78 Å². The molecule has 37 heavy (non-hydrogen) atoms. The molecule has 184 valence electrons. The molecule has 3 aromatic carbocycles. The van der Waals surface area contributed by atoms with Gasteiger partial charge < -0.3 is 9.80 Å². The van der Waals surface area contributed by atoms with E-state index in [0.29, 0.717) is 49.9 Å². The second kappa shape index (κ2) is 10.1. The normalized spacial score (nSPS) is 13.6. The van der Waals surface area contributed by atoms with Gasteiger partial charge in [-0.1, -0.05) is 84.0 Å². The first-order valence-corrected chi connectivity index (χ1v) is 12.3. The van der Waals surface area contributed by atoms with Gasteiger partial charge in [0.15, 0.2) is 0 Å². The Balaban J connectivity index is 1.22. The van der Waals surface area contributed by atoms with E-state index in [0.717, 1.165) is 16.8 Å². The molecule has 9 nitrogen and oxygen atoms in total. The maximum Gasteiger partial charge on any atom is 0.257 e. The number of carbonyl (C=O) groups excluding carboxylic acids is 1. The Morgan fingerprint density at radius 1 is 0.784 bits per heavy atom. The number of benzene rings is 3. The van der Waals surface area contributed by atoms with E-state index in [1.54, 1.807) is 4.68 Å². The van der Waals surface area contributed by atoms with Gasteiger partial charge in [-0.15, -0.1) is 0 Å². The smallest absolute Gasteiger partial charge is 0.257 e. The lowest BCUT2D eigenvalue weighted by molar-refractivity contribution is 0.0746. The summed E-state index contributed by atoms with van der Waals surface area (Å²) in [5.41, 5.74) is 4.28. The van der Waals surface area contributed by atoms with Crippen molar-refractivity contribution < 1.29 is 4.79 Å². The van der Waals surface area contributed by atoms with E-state index in [-0.39, 0.29) is 5.91 Å². The molecule has 0 atom stereocenters. The molecule has 0 unspecified atom stereocenters. The molecule has 3 heterocycles. The summed E-state index contributed by atoms with van der Waals surface area (Å²) in [6.07, 6.45) is 1.87. The molecule has 1 aliphatic rings. The maximum absolute atomic E-state index is 13.7. The van der Waals surface area contributed by atoms with Crippen molar-refractivity contribution in [2.45, 2.75) is 6.54 Å². The third kappa shape index (κ3) is 4.71. The molecule has 0 N–H and O–H groups in total. The molecular formula is C28H26N8O. The summed E-state index contributed by atoms with van der Waals surface area (Å²) in [7, 11) is 0. The summed E-state index contributed by atoms with van der Waals surface area (Å²) >= 11 is 0. The third-order valence-electron chi connectivity index (χ3n) is 6.53. The zero-order valence-corrected chi connectivity index (χ0v) is 20.3. The number of para-hydroxylation sites is 1. The Morgan fingerprint density at radius 3 is 2.14 bits per heavy atom. The van der Waals surface area contributed by atoms with Crippen LogP contribution in [0, 0.1) is 0 Å². The van der Waals surface area contributed by atoms with Gasteiger partial charge in [0.2, 0.25) is 5.95 Å². The molecule has 0 bridgehead atoms. The molecular weight excluding hydrogens is 464 g/mol. The highest BCUT2D eigenvalue weighted by atomic mass is 16.2. The Bertz CT molecular complexity index is 1470. The monoisotopic (exact) mass is 490 g/mol. The number of carbonyl (C=O) groups is 1. The van der Waals surface area contributed by atoms with Crippen LogP contribution in [0.1, 0.15) is 15.9 Å². The van der Waals surface area contributed by atoms with Crippen molar-refractivity contribution in [2.75, 3.05) is 31.1 Å². The van der Waals surface area contributed by atoms with Crippen molar-refractivity contribution in [1.82, 2.24) is 34.9 Å². The average molecular weight is 491 g/mol. The van der Waals surface area contributed by atoms with Crippen LogP contribution in [0.5, 0.6) is 0 Å². The number of nitrogens with zero attached hydrogens (tertiary/aromatic N) is 8. The van der Waals surface area contributed by atoms with E-state index in [1.807, 2.05) is 94.6 Å². The Hall–Kier alpha value is -4.79. The van der Waals surface area contributed by atoms with Crippen molar-refractivity contribution in [3.63, 3.8) is 0 Å². The van der Waals surface area contributed by atoms with Crippen LogP contribution in [0.25, 0.3) is 16.9 Å². The van der Waals surface area contributed by atoms with Crippen molar-refractivity contribution in [3.8, 4) is 16.9 Å². The predicted octanol–water partition coefficient (Wildman–Crippen LogP) is 3.54. The van der Waals surface area contributed by atoms with Crippen LogP contribution < -0.4 is 4.90 Å². The molecule has 9 heteroatoms. The molecule has 0 saturated carbocycles. The molecule has 0 spiro atoms. The van der Waals surface area contributed by atoms with E-state index in [2.05, 4.69) is 32.6 Å². The van der Waals surface area contributed by atoms with Crippen LogP contribution in [-0.2, 0) is 6.54 Å². The Labute approximate surface area is 214 Å². The summed E-state index contributed by atoms with van der Waals surface area (Å²) in [4.78, 5) is 17.8. The summed E-state index contributed by atoms with van der Waals surface area (Å²) in [5, 5.41) is 17.1. The topological polar surface area (TPSA) is 85.0 Å². The van der Waals surface area contributed by atoms with Crippen LogP contribution in [0.4, 0.5) is 5.95 Å². The van der Waals surface area contributed by atoms with Gasteiger partial charge >= 0.3 is 0 Å². The summed E-state index contributed by atoms with van der Waals surface area (Å²) in [5.74, 6) is 0.666. The van der Waals surface area contributed by atoms with Crippen LogP contribution in [-0.4, -0.2) is 67.0 Å². The van der Waals surface area contributed by atoms with Crippen LogP contribution >= 0.6 is 0 Å². The second-order valence-electron chi connectivity index (χ2n) is 8.95. The van der Waals surface area contributed by atoms with E-state index in [4.69, 9.17) is 5.10 Å². The molecule has 1 amide bonds. The van der Waals surface area contributed by atoms with Gasteiger partial charge in [0.1, 0.15) is 5.69 Å². The number of anilines is 1. The fourth-order valence-corrected chi connectivity index (χ4v) is 4.63. The lowest BCUT2D eigenvalue weighted by atomic mass is 10.1. The number of hydrogen-bond donors (Lipinski definition) is 0. The first-order valence-electron chi connectivity index (χ1n) is 12.3. The fraction of sp³-hybridized carbons (Fsp3) is 0.179. The van der Waals surface area contributed by atoms with E-state index < -0.39 is 0 Å². The van der Waals surface area contributed by atoms with E-state index in [9.17, 15) is 4.79 Å². The van der Waals surface area contributed by atoms with Crippen molar-refractivity contribution in [2.24, 2.45) is 0 Å². The molecule has 0 radical (unpaired) electrons. The minimum absolute atomic E-state index is 0.0135. The summed E-state index contributed by atoms with van der Waals surface area (Å²) in [6.45, 7) is 3.01. The number of aromatic nitrogens is 6. The lowest BCUT2D eigenvalue weighted by Gasteiger charge is -2.34. The number of tetrazole rings is 1. The summed E-state index contributed by atoms with van der Waals surface area (Å²) in [6, 6.07) is 29.8. The van der Waals surface area contributed by atoms with Gasteiger partial charge in [-0.05, 0) is 28.1 Å². The van der Waals surface area contributed by atoms with Crippen LogP contribution in [0.2, 0.25) is 0 Å². The van der Waals surface area contributed by atoms with Gasteiger partial charge in [-0.25, -0.2) is 0 Å². The third-order valence-corrected chi connectivity index (χ3v) is 6.53. The largest absolute Gasteiger partial charge is 0.336 e. The lowest BCUT2D eigenvalue weighted by Crippen LogP contribution is -2.49. The Morgan fingerprint density at radius 2 is 1.43 bits per heavy atom. The maximum atomic E-state index is 13.7. The van der Waals surface area contributed by atoms with Crippen molar-refractivity contribution in [1.29, 1.82) is 0 Å².